The molecule has 0 aromatic rings. The number of rotatable bonds is 3. The molecule has 0 aromatic carbocycles. The van der Waals surface area contributed by atoms with Gasteiger partial charge in [-0.15, -0.1) is 0 Å². The first kappa shape index (κ1) is 9.97. The van der Waals surface area contributed by atoms with Gasteiger partial charge in [0.15, 0.2) is 0 Å². The fourth-order valence-corrected chi connectivity index (χ4v) is 2.16. The van der Waals surface area contributed by atoms with E-state index in [-0.39, 0.29) is 11.9 Å². The predicted molar refractivity (Wildman–Crippen MR) is 55.4 cm³/mol. The van der Waals surface area contributed by atoms with E-state index < -0.39 is 0 Å². The van der Waals surface area contributed by atoms with Crippen molar-refractivity contribution < 1.29 is 4.79 Å². The van der Waals surface area contributed by atoms with Crippen LogP contribution in [0.25, 0.3) is 0 Å². The molecule has 0 bridgehead atoms. The highest BCUT2D eigenvalue weighted by atomic mass is 16.1. The van der Waals surface area contributed by atoms with Crippen LogP contribution in [-0.2, 0) is 4.79 Å². The van der Waals surface area contributed by atoms with Crippen molar-refractivity contribution in [1.82, 2.24) is 4.90 Å². The Bertz CT molecular complexity index is 213. The fourth-order valence-electron chi connectivity index (χ4n) is 2.16. The Balaban J connectivity index is 1.94. The molecule has 1 amide bonds. The van der Waals surface area contributed by atoms with Crippen molar-refractivity contribution in [3.05, 3.63) is 6.42 Å². The minimum atomic E-state index is -0.174. The van der Waals surface area contributed by atoms with Gasteiger partial charge < -0.3 is 5.73 Å². The fraction of sp³-hybridized carbons (Fsp3) is 0.818. The molecule has 2 N–H and O–H groups in total. The van der Waals surface area contributed by atoms with Gasteiger partial charge in [-0.05, 0) is 44.6 Å². The SMILES string of the molecule is NC(=O)C1[CH]CCCCN1CC1CC1. The van der Waals surface area contributed by atoms with Crippen LogP contribution in [0.1, 0.15) is 32.1 Å². The molecule has 1 radical (unpaired) electrons. The van der Waals surface area contributed by atoms with Crippen molar-refractivity contribution >= 4 is 5.91 Å². The number of carbonyl (C=O) groups is 1. The summed E-state index contributed by atoms with van der Waals surface area (Å²) in [6.45, 7) is 2.12. The summed E-state index contributed by atoms with van der Waals surface area (Å²) in [4.78, 5) is 13.5. The van der Waals surface area contributed by atoms with E-state index in [1.807, 2.05) is 0 Å². The van der Waals surface area contributed by atoms with Crippen LogP contribution in [0.5, 0.6) is 0 Å². The molecule has 3 heteroatoms. The van der Waals surface area contributed by atoms with E-state index in [9.17, 15) is 4.79 Å². The minimum absolute atomic E-state index is 0.0990. The van der Waals surface area contributed by atoms with Gasteiger partial charge in [0.2, 0.25) is 5.91 Å². The van der Waals surface area contributed by atoms with E-state index in [1.54, 1.807) is 0 Å². The molecular formula is C11H19N2O. The monoisotopic (exact) mass is 195 g/mol. The van der Waals surface area contributed by atoms with Crippen LogP contribution in [0.2, 0.25) is 0 Å². The summed E-state index contributed by atoms with van der Waals surface area (Å²) in [5, 5.41) is 0. The molecule has 1 unspecified atom stereocenters. The molecule has 0 aromatic heterocycles. The van der Waals surface area contributed by atoms with Crippen molar-refractivity contribution in [2.75, 3.05) is 13.1 Å². The van der Waals surface area contributed by atoms with Crippen molar-refractivity contribution in [2.24, 2.45) is 11.7 Å². The van der Waals surface area contributed by atoms with Crippen LogP contribution in [0.4, 0.5) is 0 Å². The molecule has 2 rings (SSSR count). The number of nitrogens with two attached hydrogens (primary N) is 1. The second-order valence-corrected chi connectivity index (χ2v) is 4.52. The highest BCUT2D eigenvalue weighted by molar-refractivity contribution is 5.81. The van der Waals surface area contributed by atoms with E-state index >= 15 is 0 Å². The molecule has 1 aliphatic heterocycles. The van der Waals surface area contributed by atoms with Gasteiger partial charge in [0.1, 0.15) is 0 Å². The largest absolute Gasteiger partial charge is 0.368 e. The second-order valence-electron chi connectivity index (χ2n) is 4.52. The summed E-state index contributed by atoms with van der Waals surface area (Å²) in [5.74, 6) is 0.663. The number of primary amides is 1. The summed E-state index contributed by atoms with van der Waals surface area (Å²) in [6, 6.07) is -0.0990. The van der Waals surface area contributed by atoms with E-state index in [4.69, 9.17) is 5.73 Å². The Morgan fingerprint density at radius 1 is 1.43 bits per heavy atom. The van der Waals surface area contributed by atoms with Gasteiger partial charge in [-0.3, -0.25) is 9.69 Å². The summed E-state index contributed by atoms with van der Waals surface area (Å²) < 4.78 is 0. The first-order chi connectivity index (χ1) is 6.77. The number of carbonyl (C=O) groups excluding carboxylic acids is 1. The predicted octanol–water partition coefficient (Wildman–Crippen LogP) is 0.940. The number of nitrogens with zero attached hydrogens (tertiary/aromatic N) is 1. The highest BCUT2D eigenvalue weighted by Crippen LogP contribution is 2.31. The highest BCUT2D eigenvalue weighted by Gasteiger charge is 2.31. The van der Waals surface area contributed by atoms with Crippen molar-refractivity contribution in [3.63, 3.8) is 0 Å². The Morgan fingerprint density at radius 2 is 2.21 bits per heavy atom. The number of hydrogen-bond donors (Lipinski definition) is 1. The summed E-state index contributed by atoms with van der Waals surface area (Å²) in [7, 11) is 0. The molecule has 2 aliphatic rings. The lowest BCUT2D eigenvalue weighted by Gasteiger charge is -2.27. The van der Waals surface area contributed by atoms with Crippen LogP contribution < -0.4 is 5.73 Å². The molecule has 2 fully saturated rings. The topological polar surface area (TPSA) is 46.3 Å². The van der Waals surface area contributed by atoms with Crippen LogP contribution >= 0.6 is 0 Å². The van der Waals surface area contributed by atoms with Crippen LogP contribution in [0, 0.1) is 12.3 Å². The van der Waals surface area contributed by atoms with Crippen LogP contribution in [0.15, 0.2) is 0 Å². The zero-order chi connectivity index (χ0) is 9.97. The molecule has 0 spiro atoms. The zero-order valence-electron chi connectivity index (χ0n) is 8.61. The quantitative estimate of drug-likeness (QED) is 0.728. The van der Waals surface area contributed by atoms with Gasteiger partial charge in [0.25, 0.3) is 0 Å². The second kappa shape index (κ2) is 4.30. The lowest BCUT2D eigenvalue weighted by molar-refractivity contribution is -0.122. The normalized spacial score (nSPS) is 29.9. The number of amides is 1. The lowest BCUT2D eigenvalue weighted by Crippen LogP contribution is -2.45. The Labute approximate surface area is 85.6 Å². The van der Waals surface area contributed by atoms with Gasteiger partial charge in [-0.2, -0.15) is 0 Å². The van der Waals surface area contributed by atoms with Crippen molar-refractivity contribution in [2.45, 2.75) is 38.1 Å². The van der Waals surface area contributed by atoms with Gasteiger partial charge in [0, 0.05) is 6.54 Å². The third-order valence-electron chi connectivity index (χ3n) is 3.16. The van der Waals surface area contributed by atoms with Gasteiger partial charge in [-0.1, -0.05) is 6.42 Å². The maximum atomic E-state index is 11.3. The summed E-state index contributed by atoms with van der Waals surface area (Å²) in [6.07, 6.45) is 8.20. The molecule has 79 valence electrons. The molecule has 1 heterocycles. The molecule has 14 heavy (non-hydrogen) atoms. The maximum Gasteiger partial charge on any atom is 0.235 e. The molecule has 1 saturated carbocycles. The average molecular weight is 195 g/mol. The third-order valence-corrected chi connectivity index (χ3v) is 3.16. The summed E-state index contributed by atoms with van der Waals surface area (Å²) >= 11 is 0. The number of hydrogen-bond acceptors (Lipinski definition) is 2. The summed E-state index contributed by atoms with van der Waals surface area (Å²) in [5.41, 5.74) is 5.41. The Morgan fingerprint density at radius 3 is 2.86 bits per heavy atom. The molecule has 1 saturated heterocycles. The van der Waals surface area contributed by atoms with E-state index in [1.165, 1.54) is 25.7 Å². The lowest BCUT2D eigenvalue weighted by atomic mass is 10.1. The smallest absolute Gasteiger partial charge is 0.235 e. The molecule has 1 aliphatic carbocycles. The van der Waals surface area contributed by atoms with E-state index in [0.29, 0.717) is 0 Å². The molecule has 3 nitrogen and oxygen atoms in total. The first-order valence-electron chi connectivity index (χ1n) is 5.64. The third kappa shape index (κ3) is 2.47. The van der Waals surface area contributed by atoms with Crippen molar-refractivity contribution in [1.29, 1.82) is 0 Å². The maximum absolute atomic E-state index is 11.3. The molecule has 1 atom stereocenters. The van der Waals surface area contributed by atoms with Gasteiger partial charge >= 0.3 is 0 Å². The number of likely N-dealkylation sites (tertiary alicyclic amines) is 1. The average Bonchev–Trinajstić information content (AvgIpc) is 2.92. The standard InChI is InChI=1S/C11H19N2O/c12-11(14)10-4-2-1-3-7-13(10)8-9-5-6-9/h4,9-10H,1-3,5-8H2,(H2,12,14). The minimum Gasteiger partial charge on any atom is -0.368 e. The first-order valence-corrected chi connectivity index (χ1v) is 5.64. The van der Waals surface area contributed by atoms with Crippen LogP contribution in [-0.4, -0.2) is 29.9 Å². The Kier molecular flexibility index (Phi) is 3.06. The van der Waals surface area contributed by atoms with E-state index in [0.717, 1.165) is 25.4 Å². The molecular weight excluding hydrogens is 176 g/mol. The van der Waals surface area contributed by atoms with Gasteiger partial charge in [0.05, 0.1) is 6.04 Å². The van der Waals surface area contributed by atoms with Crippen LogP contribution in [0.3, 0.4) is 0 Å². The Hall–Kier alpha value is -0.570. The zero-order valence-corrected chi connectivity index (χ0v) is 8.61. The van der Waals surface area contributed by atoms with E-state index in [2.05, 4.69) is 11.3 Å². The van der Waals surface area contributed by atoms with Gasteiger partial charge in [-0.25, -0.2) is 0 Å². The van der Waals surface area contributed by atoms with Crippen molar-refractivity contribution in [3.8, 4) is 0 Å².